The van der Waals surface area contributed by atoms with Gasteiger partial charge in [0.25, 0.3) is 0 Å². The van der Waals surface area contributed by atoms with Gasteiger partial charge < -0.3 is 15.2 Å². The first-order valence-electron chi connectivity index (χ1n) is 6.45. The number of methoxy groups -OCH3 is 1. The fourth-order valence-electron chi connectivity index (χ4n) is 1.62. The van der Waals surface area contributed by atoms with Crippen LogP contribution in [0.5, 0.6) is 0 Å². The molecule has 0 aliphatic heterocycles. The second-order valence-electron chi connectivity index (χ2n) is 4.42. The van der Waals surface area contributed by atoms with Crippen molar-refractivity contribution in [3.8, 4) is 11.8 Å². The number of halogens is 3. The van der Waals surface area contributed by atoms with Gasteiger partial charge in [-0.05, 0) is 24.1 Å². The average Bonchev–Trinajstić information content (AvgIpc) is 2.46. The largest absolute Gasteiger partial charge is 0.471 e. The molecule has 1 atom stereocenters. The summed E-state index contributed by atoms with van der Waals surface area (Å²) in [5.74, 6) is 3.57. The smallest absolute Gasteiger partial charge is 0.388 e. The van der Waals surface area contributed by atoms with Gasteiger partial charge >= 0.3 is 12.1 Å². The number of amides is 1. The first kappa shape index (κ1) is 18.0. The molecule has 120 valence electrons. The number of alkyl halides is 3. The fraction of sp³-hybridized carbons (Fsp3) is 0.400. The molecule has 1 rings (SSSR count). The molecule has 0 saturated carbocycles. The monoisotopic (exact) mass is 315 g/mol. The predicted molar refractivity (Wildman–Crippen MR) is 73.8 cm³/mol. The van der Waals surface area contributed by atoms with Gasteiger partial charge in [-0.3, -0.25) is 4.79 Å². The second kappa shape index (κ2) is 8.41. The van der Waals surface area contributed by atoms with Crippen LogP contribution >= 0.6 is 0 Å². The van der Waals surface area contributed by atoms with E-state index in [0.717, 1.165) is 0 Å². The Morgan fingerprint density at radius 2 is 2.18 bits per heavy atom. The summed E-state index contributed by atoms with van der Waals surface area (Å²) in [6, 6.07) is 6.70. The van der Waals surface area contributed by atoms with Gasteiger partial charge in [0.2, 0.25) is 0 Å². The summed E-state index contributed by atoms with van der Waals surface area (Å²) in [6.45, 7) is -0.00462. The molecule has 22 heavy (non-hydrogen) atoms. The summed E-state index contributed by atoms with van der Waals surface area (Å²) >= 11 is 0. The highest BCUT2D eigenvalue weighted by Crippen LogP contribution is 2.18. The number of rotatable bonds is 5. The maximum absolute atomic E-state index is 12.0. The summed E-state index contributed by atoms with van der Waals surface area (Å²) in [7, 11) is 1.52. The number of carbonyl (C=O) groups is 1. The lowest BCUT2D eigenvalue weighted by Crippen LogP contribution is -2.37. The van der Waals surface area contributed by atoms with Gasteiger partial charge in [-0.1, -0.05) is 24.0 Å². The van der Waals surface area contributed by atoms with Gasteiger partial charge in [0, 0.05) is 19.2 Å². The molecule has 2 N–H and O–H groups in total. The molecule has 0 bridgehead atoms. The molecule has 0 fully saturated rings. The molecule has 7 heteroatoms. The number of carbonyl (C=O) groups excluding carboxylic acids is 1. The van der Waals surface area contributed by atoms with Crippen LogP contribution in [0.25, 0.3) is 0 Å². The van der Waals surface area contributed by atoms with E-state index < -0.39 is 18.2 Å². The zero-order chi connectivity index (χ0) is 16.6. The third kappa shape index (κ3) is 6.16. The van der Waals surface area contributed by atoms with Crippen LogP contribution in [0, 0.1) is 11.8 Å². The standard InChI is InChI=1S/C15H16F3NO3/c1-22-9-3-5-11-4-2-6-12(10-11)13(20)7-8-19-14(21)15(16,17)18/h2,4,6,10,13,20H,7-9H2,1H3,(H,19,21). The van der Waals surface area contributed by atoms with Crippen molar-refractivity contribution < 1.29 is 27.8 Å². The number of nitrogens with one attached hydrogen (secondary N) is 1. The van der Waals surface area contributed by atoms with Gasteiger partial charge in [-0.2, -0.15) is 13.2 Å². The Hall–Kier alpha value is -2.04. The minimum Gasteiger partial charge on any atom is -0.388 e. The quantitative estimate of drug-likeness (QED) is 0.815. The molecule has 0 aliphatic carbocycles. The zero-order valence-electron chi connectivity index (χ0n) is 11.9. The Labute approximate surface area is 126 Å². The van der Waals surface area contributed by atoms with E-state index in [1.54, 1.807) is 29.6 Å². The van der Waals surface area contributed by atoms with Crippen molar-refractivity contribution in [2.45, 2.75) is 18.7 Å². The van der Waals surface area contributed by atoms with Crippen molar-refractivity contribution in [3.63, 3.8) is 0 Å². The Morgan fingerprint density at radius 3 is 2.82 bits per heavy atom. The zero-order valence-corrected chi connectivity index (χ0v) is 11.9. The molecular weight excluding hydrogens is 299 g/mol. The molecule has 0 radical (unpaired) electrons. The third-order valence-corrected chi connectivity index (χ3v) is 2.68. The van der Waals surface area contributed by atoms with Crippen LogP contribution < -0.4 is 5.32 Å². The van der Waals surface area contributed by atoms with E-state index in [0.29, 0.717) is 11.1 Å². The van der Waals surface area contributed by atoms with Crippen LogP contribution in [-0.4, -0.2) is 37.5 Å². The number of ether oxygens (including phenoxy) is 1. The van der Waals surface area contributed by atoms with Gasteiger partial charge in [0.15, 0.2) is 0 Å². The maximum atomic E-state index is 12.0. The molecule has 0 aliphatic rings. The third-order valence-electron chi connectivity index (χ3n) is 2.68. The van der Waals surface area contributed by atoms with Crippen LogP contribution in [0.2, 0.25) is 0 Å². The van der Waals surface area contributed by atoms with E-state index in [9.17, 15) is 23.1 Å². The highest BCUT2D eigenvalue weighted by Gasteiger charge is 2.38. The normalized spacial score (nSPS) is 12.2. The van der Waals surface area contributed by atoms with E-state index >= 15 is 0 Å². The number of hydrogen-bond donors (Lipinski definition) is 2. The lowest BCUT2D eigenvalue weighted by molar-refractivity contribution is -0.173. The number of benzene rings is 1. The second-order valence-corrected chi connectivity index (χ2v) is 4.42. The Kier molecular flexibility index (Phi) is 6.89. The first-order valence-corrected chi connectivity index (χ1v) is 6.45. The molecule has 0 spiro atoms. The first-order chi connectivity index (χ1) is 10.3. The summed E-state index contributed by atoms with van der Waals surface area (Å²) in [6.07, 6.45) is -5.93. The molecule has 1 aromatic rings. The van der Waals surface area contributed by atoms with Crippen LogP contribution in [0.15, 0.2) is 24.3 Å². The highest BCUT2D eigenvalue weighted by atomic mass is 19.4. The van der Waals surface area contributed by atoms with E-state index in [-0.39, 0.29) is 19.6 Å². The van der Waals surface area contributed by atoms with Gasteiger partial charge in [0.1, 0.15) is 6.61 Å². The van der Waals surface area contributed by atoms with Crippen molar-refractivity contribution in [2.24, 2.45) is 0 Å². The van der Waals surface area contributed by atoms with Crippen molar-refractivity contribution in [3.05, 3.63) is 35.4 Å². The van der Waals surface area contributed by atoms with Crippen LogP contribution in [-0.2, 0) is 9.53 Å². The highest BCUT2D eigenvalue weighted by molar-refractivity contribution is 5.81. The minimum atomic E-state index is -4.91. The summed E-state index contributed by atoms with van der Waals surface area (Å²) in [5, 5.41) is 11.6. The molecule has 4 nitrogen and oxygen atoms in total. The summed E-state index contributed by atoms with van der Waals surface area (Å²) < 4.78 is 40.8. The fourth-order valence-corrected chi connectivity index (χ4v) is 1.62. The Morgan fingerprint density at radius 1 is 1.45 bits per heavy atom. The van der Waals surface area contributed by atoms with Crippen LogP contribution in [0.4, 0.5) is 13.2 Å². The summed E-state index contributed by atoms with van der Waals surface area (Å²) in [5.41, 5.74) is 1.18. The predicted octanol–water partition coefficient (Wildman–Crippen LogP) is 1.79. The molecule has 0 heterocycles. The van der Waals surface area contributed by atoms with Gasteiger partial charge in [-0.25, -0.2) is 0 Å². The SMILES string of the molecule is COCC#Cc1cccc(C(O)CCNC(=O)C(F)(F)F)c1. The van der Waals surface area contributed by atoms with Crippen molar-refractivity contribution in [1.82, 2.24) is 5.32 Å². The molecule has 1 aromatic carbocycles. The van der Waals surface area contributed by atoms with E-state index in [2.05, 4.69) is 11.8 Å². The lowest BCUT2D eigenvalue weighted by atomic mass is 10.0. The molecule has 1 amide bonds. The van der Waals surface area contributed by atoms with Crippen LogP contribution in [0.3, 0.4) is 0 Å². The molecular formula is C15H16F3NO3. The summed E-state index contributed by atoms with van der Waals surface area (Å²) in [4.78, 5) is 10.6. The van der Waals surface area contributed by atoms with Gasteiger partial charge in [-0.15, -0.1) is 0 Å². The van der Waals surface area contributed by atoms with Gasteiger partial charge in [0.05, 0.1) is 6.10 Å². The number of aliphatic hydroxyl groups excluding tert-OH is 1. The van der Waals surface area contributed by atoms with Crippen molar-refractivity contribution in [2.75, 3.05) is 20.3 Å². The molecule has 0 saturated heterocycles. The number of aliphatic hydroxyl groups is 1. The molecule has 0 aromatic heterocycles. The number of hydrogen-bond acceptors (Lipinski definition) is 3. The Balaban J connectivity index is 2.56. The van der Waals surface area contributed by atoms with E-state index in [4.69, 9.17) is 4.74 Å². The minimum absolute atomic E-state index is 0.0310. The van der Waals surface area contributed by atoms with E-state index in [1.165, 1.54) is 7.11 Å². The van der Waals surface area contributed by atoms with Crippen molar-refractivity contribution >= 4 is 5.91 Å². The van der Waals surface area contributed by atoms with Crippen molar-refractivity contribution in [1.29, 1.82) is 0 Å². The van der Waals surface area contributed by atoms with E-state index in [1.807, 2.05) is 0 Å². The lowest BCUT2D eigenvalue weighted by Gasteiger charge is -2.13. The Bertz CT molecular complexity index is 561. The topological polar surface area (TPSA) is 58.6 Å². The molecule has 1 unspecified atom stereocenters. The van der Waals surface area contributed by atoms with Crippen LogP contribution in [0.1, 0.15) is 23.7 Å². The average molecular weight is 315 g/mol. The maximum Gasteiger partial charge on any atom is 0.471 e.